The summed E-state index contributed by atoms with van der Waals surface area (Å²) < 4.78 is 6.26. The third kappa shape index (κ3) is 4.13. The molecular formula is C24H36N2O2. The maximum Gasteiger partial charge on any atom is 0.316 e. The Hall–Kier alpha value is -1.39. The summed E-state index contributed by atoms with van der Waals surface area (Å²) in [4.78, 5) is 16.0. The van der Waals surface area contributed by atoms with Gasteiger partial charge >= 0.3 is 5.97 Å². The Kier molecular flexibility index (Phi) is 6.37. The van der Waals surface area contributed by atoms with Crippen molar-refractivity contribution in [2.24, 2.45) is 11.7 Å². The highest BCUT2D eigenvalue weighted by Gasteiger charge is 2.45. The Morgan fingerprint density at radius 2 is 1.93 bits per heavy atom. The van der Waals surface area contributed by atoms with E-state index in [0.29, 0.717) is 5.92 Å². The number of nitrogens with two attached hydrogens (primary N) is 1. The van der Waals surface area contributed by atoms with Gasteiger partial charge in [-0.25, -0.2) is 0 Å². The lowest BCUT2D eigenvalue weighted by atomic mass is 9.69. The number of unbranched alkanes of at least 4 members (excludes halogenated alkanes) is 1. The first-order valence-corrected chi connectivity index (χ1v) is 11.4. The first kappa shape index (κ1) is 19.9. The standard InChI is InChI=1S/C24H36N2O2/c25-14-5-2-7-19-8-6-9-21(17-19)24(12-3-1-4-13-24)23(27)28-22-18-26-15-10-20(22)11-16-26/h6,8-9,17,20,22H,1-5,7,10-16,18,25H2/t22-/m0/s1. The number of rotatable bonds is 7. The van der Waals surface area contributed by atoms with Crippen molar-refractivity contribution in [3.63, 3.8) is 0 Å². The van der Waals surface area contributed by atoms with Crippen LogP contribution in [0.4, 0.5) is 0 Å². The Morgan fingerprint density at radius 3 is 2.61 bits per heavy atom. The van der Waals surface area contributed by atoms with Crippen LogP contribution in [-0.4, -0.2) is 43.2 Å². The number of hydrogen-bond acceptors (Lipinski definition) is 4. The lowest BCUT2D eigenvalue weighted by Gasteiger charge is -2.45. The molecule has 2 bridgehead atoms. The molecule has 1 saturated carbocycles. The van der Waals surface area contributed by atoms with E-state index < -0.39 is 5.41 Å². The molecule has 1 aromatic rings. The molecule has 0 aromatic heterocycles. The monoisotopic (exact) mass is 384 g/mol. The van der Waals surface area contributed by atoms with Crippen LogP contribution >= 0.6 is 0 Å². The van der Waals surface area contributed by atoms with Crippen molar-refractivity contribution >= 4 is 5.97 Å². The summed E-state index contributed by atoms with van der Waals surface area (Å²) in [6.45, 7) is 4.03. The predicted molar refractivity (Wildman–Crippen MR) is 112 cm³/mol. The minimum atomic E-state index is -0.436. The molecule has 4 heteroatoms. The van der Waals surface area contributed by atoms with Gasteiger partial charge in [-0.2, -0.15) is 0 Å². The number of carbonyl (C=O) groups is 1. The number of aryl methyl sites for hydroxylation is 1. The van der Waals surface area contributed by atoms with Gasteiger partial charge in [-0.15, -0.1) is 0 Å². The van der Waals surface area contributed by atoms with E-state index in [0.717, 1.165) is 58.0 Å². The van der Waals surface area contributed by atoms with Crippen molar-refractivity contribution in [1.82, 2.24) is 4.90 Å². The van der Waals surface area contributed by atoms with Crippen LogP contribution in [0.1, 0.15) is 68.9 Å². The fourth-order valence-corrected chi connectivity index (χ4v) is 5.56. The van der Waals surface area contributed by atoms with E-state index in [2.05, 4.69) is 29.2 Å². The Morgan fingerprint density at radius 1 is 1.14 bits per heavy atom. The van der Waals surface area contributed by atoms with Gasteiger partial charge in [0.05, 0.1) is 5.41 Å². The van der Waals surface area contributed by atoms with E-state index >= 15 is 0 Å². The molecular weight excluding hydrogens is 348 g/mol. The second-order valence-corrected chi connectivity index (χ2v) is 9.17. The number of fused-ring (bicyclic) bond motifs is 3. The van der Waals surface area contributed by atoms with Gasteiger partial charge in [0.25, 0.3) is 0 Å². The van der Waals surface area contributed by atoms with Crippen LogP contribution in [0, 0.1) is 5.92 Å². The van der Waals surface area contributed by atoms with Gasteiger partial charge in [0, 0.05) is 6.54 Å². The zero-order valence-electron chi connectivity index (χ0n) is 17.2. The van der Waals surface area contributed by atoms with Crippen LogP contribution in [0.25, 0.3) is 0 Å². The van der Waals surface area contributed by atoms with Gasteiger partial charge in [-0.3, -0.25) is 9.69 Å². The van der Waals surface area contributed by atoms with E-state index in [1.54, 1.807) is 0 Å². The van der Waals surface area contributed by atoms with Gasteiger partial charge in [0.1, 0.15) is 6.10 Å². The zero-order valence-corrected chi connectivity index (χ0v) is 17.2. The maximum absolute atomic E-state index is 13.6. The Balaban J connectivity index is 1.53. The molecule has 1 aliphatic carbocycles. The Bertz CT molecular complexity index is 660. The minimum Gasteiger partial charge on any atom is -0.460 e. The van der Waals surface area contributed by atoms with Gasteiger partial charge in [0.15, 0.2) is 0 Å². The summed E-state index contributed by atoms with van der Waals surface area (Å²) in [7, 11) is 0. The molecule has 4 aliphatic rings. The summed E-state index contributed by atoms with van der Waals surface area (Å²) >= 11 is 0. The summed E-state index contributed by atoms with van der Waals surface area (Å²) in [6.07, 6.45) is 11.0. The molecule has 4 nitrogen and oxygen atoms in total. The molecule has 1 atom stereocenters. The molecule has 5 rings (SSSR count). The number of carbonyl (C=O) groups excluding carboxylic acids is 1. The molecule has 154 valence electrons. The number of ether oxygens (including phenoxy) is 1. The van der Waals surface area contributed by atoms with Crippen LogP contribution in [0.15, 0.2) is 24.3 Å². The molecule has 0 unspecified atom stereocenters. The fourth-order valence-electron chi connectivity index (χ4n) is 5.56. The molecule has 0 radical (unpaired) electrons. The SMILES string of the molecule is NCCCCc1cccc(C2(C(=O)O[C@H]3CN4CCC3CC4)CCCCC2)c1. The molecule has 1 aromatic carbocycles. The van der Waals surface area contributed by atoms with Crippen molar-refractivity contribution < 1.29 is 9.53 Å². The average molecular weight is 385 g/mol. The summed E-state index contributed by atoms with van der Waals surface area (Å²) in [6, 6.07) is 8.76. The molecule has 4 fully saturated rings. The first-order valence-electron chi connectivity index (χ1n) is 11.4. The number of esters is 1. The third-order valence-electron chi connectivity index (χ3n) is 7.35. The van der Waals surface area contributed by atoms with E-state index in [9.17, 15) is 4.79 Å². The van der Waals surface area contributed by atoms with E-state index in [-0.39, 0.29) is 12.1 Å². The molecule has 3 saturated heterocycles. The van der Waals surface area contributed by atoms with Crippen LogP contribution in [0.5, 0.6) is 0 Å². The predicted octanol–water partition coefficient (Wildman–Crippen LogP) is 3.81. The smallest absolute Gasteiger partial charge is 0.316 e. The van der Waals surface area contributed by atoms with Crippen molar-refractivity contribution in [3.05, 3.63) is 35.4 Å². The van der Waals surface area contributed by atoms with E-state index in [1.165, 1.54) is 43.5 Å². The zero-order chi connectivity index (χ0) is 19.4. The lowest BCUT2D eigenvalue weighted by Crippen LogP contribution is -2.53. The van der Waals surface area contributed by atoms with E-state index in [4.69, 9.17) is 10.5 Å². The summed E-state index contributed by atoms with van der Waals surface area (Å²) in [5.74, 6) is 0.613. The number of benzene rings is 1. The third-order valence-corrected chi connectivity index (χ3v) is 7.35. The summed E-state index contributed by atoms with van der Waals surface area (Å²) in [5.41, 5.74) is 7.72. The van der Waals surface area contributed by atoms with Crippen LogP contribution in [0.3, 0.4) is 0 Å². The van der Waals surface area contributed by atoms with Crippen LogP contribution < -0.4 is 5.73 Å². The van der Waals surface area contributed by atoms with Gasteiger partial charge in [-0.05, 0) is 81.6 Å². The topological polar surface area (TPSA) is 55.6 Å². The fraction of sp³-hybridized carbons (Fsp3) is 0.708. The van der Waals surface area contributed by atoms with Crippen molar-refractivity contribution in [3.8, 4) is 0 Å². The Labute approximate surface area is 169 Å². The molecule has 28 heavy (non-hydrogen) atoms. The quantitative estimate of drug-likeness (QED) is 0.574. The highest BCUT2D eigenvalue weighted by molar-refractivity contribution is 5.83. The largest absolute Gasteiger partial charge is 0.460 e. The molecule has 0 amide bonds. The first-order chi connectivity index (χ1) is 13.7. The second-order valence-electron chi connectivity index (χ2n) is 9.17. The number of piperidine rings is 3. The van der Waals surface area contributed by atoms with Crippen molar-refractivity contribution in [2.45, 2.75) is 75.7 Å². The van der Waals surface area contributed by atoms with Gasteiger partial charge < -0.3 is 10.5 Å². The highest BCUT2D eigenvalue weighted by Crippen LogP contribution is 2.42. The van der Waals surface area contributed by atoms with E-state index in [1.807, 2.05) is 0 Å². The van der Waals surface area contributed by atoms with Crippen LogP contribution in [0.2, 0.25) is 0 Å². The average Bonchev–Trinajstić information content (AvgIpc) is 2.75. The minimum absolute atomic E-state index is 0.0464. The molecule has 3 heterocycles. The van der Waals surface area contributed by atoms with Gasteiger partial charge in [-0.1, -0.05) is 43.5 Å². The molecule has 0 spiro atoms. The van der Waals surface area contributed by atoms with Crippen molar-refractivity contribution in [2.75, 3.05) is 26.2 Å². The van der Waals surface area contributed by atoms with Crippen LogP contribution in [-0.2, 0) is 21.4 Å². The summed E-state index contributed by atoms with van der Waals surface area (Å²) in [5, 5.41) is 0. The maximum atomic E-state index is 13.6. The molecule has 2 N–H and O–H groups in total. The van der Waals surface area contributed by atoms with Gasteiger partial charge in [0.2, 0.25) is 0 Å². The highest BCUT2D eigenvalue weighted by atomic mass is 16.5. The van der Waals surface area contributed by atoms with Crippen molar-refractivity contribution in [1.29, 1.82) is 0 Å². The number of hydrogen-bond donors (Lipinski definition) is 1. The number of nitrogens with zero attached hydrogens (tertiary/aromatic N) is 1. The lowest BCUT2D eigenvalue weighted by molar-refractivity contribution is -0.167. The normalized spacial score (nSPS) is 28.8. The molecule has 3 aliphatic heterocycles. The second kappa shape index (κ2) is 8.96.